The van der Waals surface area contributed by atoms with Gasteiger partial charge in [0.05, 0.1) is 19.3 Å². The van der Waals surface area contributed by atoms with Crippen molar-refractivity contribution in [3.8, 4) is 5.75 Å². The molecule has 0 aliphatic heterocycles. The van der Waals surface area contributed by atoms with Crippen molar-refractivity contribution < 1.29 is 22.1 Å². The highest BCUT2D eigenvalue weighted by molar-refractivity contribution is 7.87. The van der Waals surface area contributed by atoms with Gasteiger partial charge in [-0.3, -0.25) is 4.79 Å². The van der Waals surface area contributed by atoms with E-state index in [2.05, 4.69) is 4.74 Å². The summed E-state index contributed by atoms with van der Waals surface area (Å²) in [6.07, 6.45) is 0.529. The molecule has 0 fully saturated rings. The predicted octanol–water partition coefficient (Wildman–Crippen LogP) is 2.35. The van der Waals surface area contributed by atoms with Crippen LogP contribution in [-0.2, 0) is 32.5 Å². The number of aryl methyl sites for hydroxylation is 1. The fourth-order valence-corrected chi connectivity index (χ4v) is 2.95. The molecule has 6 heteroatoms. The topological polar surface area (TPSA) is 69.7 Å². The van der Waals surface area contributed by atoms with E-state index in [0.29, 0.717) is 6.42 Å². The monoisotopic (exact) mass is 334 g/mol. The van der Waals surface area contributed by atoms with Gasteiger partial charge in [-0.05, 0) is 29.7 Å². The van der Waals surface area contributed by atoms with Crippen molar-refractivity contribution in [1.29, 1.82) is 0 Å². The van der Waals surface area contributed by atoms with Crippen molar-refractivity contribution in [1.82, 2.24) is 0 Å². The molecule has 2 aromatic rings. The second kappa shape index (κ2) is 7.78. The second-order valence-corrected chi connectivity index (χ2v) is 6.67. The van der Waals surface area contributed by atoms with Crippen LogP contribution in [0.3, 0.4) is 0 Å². The molecule has 0 aliphatic carbocycles. The maximum absolute atomic E-state index is 12.0. The molecule has 2 rings (SSSR count). The van der Waals surface area contributed by atoms with Gasteiger partial charge in [-0.15, -0.1) is 0 Å². The molecule has 0 heterocycles. The highest BCUT2D eigenvalue weighted by atomic mass is 32.2. The lowest BCUT2D eigenvalue weighted by atomic mass is 10.1. The molecule has 0 saturated carbocycles. The number of carbonyl (C=O) groups is 1. The largest absolute Gasteiger partial charge is 0.469 e. The summed E-state index contributed by atoms with van der Waals surface area (Å²) < 4.78 is 33.6. The highest BCUT2D eigenvalue weighted by Gasteiger charge is 2.13. The lowest BCUT2D eigenvalue weighted by Crippen LogP contribution is -2.15. The summed E-state index contributed by atoms with van der Waals surface area (Å²) in [4.78, 5) is 11.2. The summed E-state index contributed by atoms with van der Waals surface area (Å²) in [6.45, 7) is 0. The molecule has 0 aliphatic rings. The van der Waals surface area contributed by atoms with E-state index in [0.717, 1.165) is 11.1 Å². The van der Waals surface area contributed by atoms with E-state index in [4.69, 9.17) is 4.18 Å². The highest BCUT2D eigenvalue weighted by Crippen LogP contribution is 2.16. The standard InChI is InChI=1S/C17H18O5S/c1-21-17(18)13-15-7-9-16(10-8-15)22-23(19,20)12-11-14-5-3-2-4-6-14/h2-10H,11-13H2,1H3. The van der Waals surface area contributed by atoms with Crippen LogP contribution in [0.4, 0.5) is 0 Å². The van der Waals surface area contributed by atoms with Crippen LogP contribution in [0.2, 0.25) is 0 Å². The van der Waals surface area contributed by atoms with Crippen molar-refractivity contribution >= 4 is 16.1 Å². The van der Waals surface area contributed by atoms with E-state index >= 15 is 0 Å². The molecule has 0 bridgehead atoms. The Bertz CT molecular complexity index is 736. The van der Waals surface area contributed by atoms with Crippen LogP contribution in [-0.4, -0.2) is 27.2 Å². The van der Waals surface area contributed by atoms with Gasteiger partial charge in [0.15, 0.2) is 0 Å². The van der Waals surface area contributed by atoms with E-state index in [1.807, 2.05) is 30.3 Å². The number of hydrogen-bond donors (Lipinski definition) is 0. The Morgan fingerprint density at radius 2 is 1.61 bits per heavy atom. The van der Waals surface area contributed by atoms with Gasteiger partial charge in [0.1, 0.15) is 5.75 Å². The fraction of sp³-hybridized carbons (Fsp3) is 0.235. The minimum absolute atomic E-state index is 0.0963. The Morgan fingerprint density at radius 3 is 2.22 bits per heavy atom. The zero-order chi connectivity index (χ0) is 16.7. The molecule has 0 atom stereocenters. The number of esters is 1. The van der Waals surface area contributed by atoms with Gasteiger partial charge in [0.25, 0.3) is 0 Å². The van der Waals surface area contributed by atoms with Crippen LogP contribution in [0.25, 0.3) is 0 Å². The summed E-state index contributed by atoms with van der Waals surface area (Å²) in [5.74, 6) is -0.221. The van der Waals surface area contributed by atoms with Crippen LogP contribution in [0.5, 0.6) is 5.75 Å². The molecule has 0 aromatic heterocycles. The van der Waals surface area contributed by atoms with Gasteiger partial charge >= 0.3 is 16.1 Å². The van der Waals surface area contributed by atoms with E-state index < -0.39 is 10.1 Å². The Balaban J connectivity index is 1.93. The number of hydrogen-bond acceptors (Lipinski definition) is 5. The van der Waals surface area contributed by atoms with Gasteiger partial charge in [0, 0.05) is 0 Å². The average Bonchev–Trinajstić information content (AvgIpc) is 2.55. The average molecular weight is 334 g/mol. The number of rotatable bonds is 7. The van der Waals surface area contributed by atoms with Crippen LogP contribution < -0.4 is 4.18 Å². The van der Waals surface area contributed by atoms with Crippen LogP contribution >= 0.6 is 0 Å². The third-order valence-corrected chi connectivity index (χ3v) is 4.36. The first-order valence-electron chi connectivity index (χ1n) is 7.10. The lowest BCUT2D eigenvalue weighted by Gasteiger charge is -2.08. The zero-order valence-corrected chi connectivity index (χ0v) is 13.6. The smallest absolute Gasteiger partial charge is 0.309 e. The minimum Gasteiger partial charge on any atom is -0.469 e. The lowest BCUT2D eigenvalue weighted by molar-refractivity contribution is -0.139. The quantitative estimate of drug-likeness (QED) is 0.574. The summed E-state index contributed by atoms with van der Waals surface area (Å²) in [5.41, 5.74) is 1.67. The molecular weight excluding hydrogens is 316 g/mol. The Kier molecular flexibility index (Phi) is 5.76. The van der Waals surface area contributed by atoms with Crippen LogP contribution in [0.15, 0.2) is 54.6 Å². The van der Waals surface area contributed by atoms with Crippen molar-refractivity contribution in [3.63, 3.8) is 0 Å². The normalized spacial score (nSPS) is 11.0. The number of methoxy groups -OCH3 is 1. The first kappa shape index (κ1) is 17.0. The van der Waals surface area contributed by atoms with Crippen molar-refractivity contribution in [3.05, 3.63) is 65.7 Å². The van der Waals surface area contributed by atoms with Gasteiger partial charge in [-0.2, -0.15) is 8.42 Å². The number of benzene rings is 2. The molecule has 122 valence electrons. The molecule has 0 N–H and O–H groups in total. The Morgan fingerprint density at radius 1 is 0.957 bits per heavy atom. The van der Waals surface area contributed by atoms with Crippen molar-refractivity contribution in [2.75, 3.05) is 12.9 Å². The molecular formula is C17H18O5S. The molecule has 0 unspecified atom stereocenters. The van der Waals surface area contributed by atoms with E-state index in [1.54, 1.807) is 12.1 Å². The molecule has 23 heavy (non-hydrogen) atoms. The third kappa shape index (κ3) is 5.75. The first-order valence-corrected chi connectivity index (χ1v) is 8.68. The summed E-state index contributed by atoms with van der Waals surface area (Å²) in [6, 6.07) is 15.7. The van der Waals surface area contributed by atoms with Crippen LogP contribution in [0, 0.1) is 0 Å². The molecule has 2 aromatic carbocycles. The van der Waals surface area contributed by atoms with Crippen molar-refractivity contribution in [2.24, 2.45) is 0 Å². The molecule has 0 radical (unpaired) electrons. The van der Waals surface area contributed by atoms with Gasteiger partial charge < -0.3 is 8.92 Å². The van der Waals surface area contributed by atoms with E-state index in [-0.39, 0.29) is 23.9 Å². The minimum atomic E-state index is -3.67. The predicted molar refractivity (Wildman–Crippen MR) is 86.7 cm³/mol. The van der Waals surface area contributed by atoms with Crippen molar-refractivity contribution in [2.45, 2.75) is 12.8 Å². The molecule has 5 nitrogen and oxygen atoms in total. The zero-order valence-electron chi connectivity index (χ0n) is 12.8. The summed E-state index contributed by atoms with van der Waals surface area (Å²) in [7, 11) is -2.35. The number of ether oxygens (including phenoxy) is 1. The van der Waals surface area contributed by atoms with E-state index in [9.17, 15) is 13.2 Å². The van der Waals surface area contributed by atoms with Gasteiger partial charge in [-0.1, -0.05) is 42.5 Å². The summed E-state index contributed by atoms with van der Waals surface area (Å²) in [5, 5.41) is 0. The second-order valence-electron chi connectivity index (χ2n) is 4.98. The van der Waals surface area contributed by atoms with Gasteiger partial charge in [-0.25, -0.2) is 0 Å². The third-order valence-electron chi connectivity index (χ3n) is 3.21. The summed E-state index contributed by atoms with van der Waals surface area (Å²) >= 11 is 0. The maximum Gasteiger partial charge on any atom is 0.309 e. The molecule has 0 amide bonds. The fourth-order valence-electron chi connectivity index (χ4n) is 1.98. The van der Waals surface area contributed by atoms with E-state index in [1.165, 1.54) is 19.2 Å². The molecule has 0 saturated heterocycles. The maximum atomic E-state index is 12.0. The first-order chi connectivity index (χ1) is 11.0. The molecule has 0 spiro atoms. The Labute approximate surface area is 136 Å². The van der Waals surface area contributed by atoms with Crippen LogP contribution in [0.1, 0.15) is 11.1 Å². The SMILES string of the molecule is COC(=O)Cc1ccc(OS(=O)(=O)CCc2ccccc2)cc1. The Hall–Kier alpha value is -2.34. The van der Waals surface area contributed by atoms with Gasteiger partial charge in [0.2, 0.25) is 0 Å². The number of carbonyl (C=O) groups excluding carboxylic acids is 1.